The third kappa shape index (κ3) is 7.25. The van der Waals surface area contributed by atoms with E-state index in [2.05, 4.69) is 20.8 Å². The number of carbonyl (C=O) groups is 1. The summed E-state index contributed by atoms with van der Waals surface area (Å²) in [4.78, 5) is 16.7. The largest absolute Gasteiger partial charge is 0.507 e. The van der Waals surface area contributed by atoms with Crippen molar-refractivity contribution in [3.8, 4) is 17.0 Å². The van der Waals surface area contributed by atoms with E-state index >= 15 is 0 Å². The lowest BCUT2D eigenvalue weighted by atomic mass is 10.1. The predicted molar refractivity (Wildman–Crippen MR) is 130 cm³/mol. The number of hydrogen-bond donors (Lipinski definition) is 3. The third-order valence-electron chi connectivity index (χ3n) is 4.15. The first-order valence-electron chi connectivity index (χ1n) is 9.97. The number of ether oxygens (including phenoxy) is 1. The lowest BCUT2D eigenvalue weighted by Gasteiger charge is -2.22. The van der Waals surface area contributed by atoms with E-state index in [9.17, 15) is 9.90 Å². The molecule has 1 heterocycles. The van der Waals surface area contributed by atoms with Crippen LogP contribution in [-0.4, -0.2) is 34.0 Å². The minimum atomic E-state index is -0.597. The van der Waals surface area contributed by atoms with Crippen LogP contribution in [0.5, 0.6) is 5.75 Å². The van der Waals surface area contributed by atoms with Gasteiger partial charge in [0, 0.05) is 22.2 Å². The average molecular weight is 473 g/mol. The molecule has 3 rings (SSSR count). The number of benzene rings is 2. The number of aromatic nitrogens is 1. The molecule has 32 heavy (non-hydrogen) atoms. The molecular formula is C23H25ClN4O3S. The van der Waals surface area contributed by atoms with Gasteiger partial charge in [0.2, 0.25) is 5.13 Å². The standard InChI is InChI=1S/C23H25ClN4O3S/c1-23(2,3)31-22(30)26-17(11-15-7-5-4-6-8-15)13-25-28-21-27-19(14-32-21)18-12-16(24)9-10-20(18)29/h4-10,12-14,17,29H,11H2,1-3H3,(H,26,30)(H,27,28)/b25-13+/t17-/m0/s1. The Labute approximate surface area is 196 Å². The highest BCUT2D eigenvalue weighted by Gasteiger charge is 2.19. The smallest absolute Gasteiger partial charge is 0.408 e. The number of rotatable bonds is 7. The lowest BCUT2D eigenvalue weighted by molar-refractivity contribution is 0.0519. The van der Waals surface area contributed by atoms with E-state index in [1.165, 1.54) is 17.4 Å². The number of phenols is 1. The summed E-state index contributed by atoms with van der Waals surface area (Å²) >= 11 is 7.35. The SMILES string of the molecule is CC(C)(C)OC(=O)N[C@H](/C=N/Nc1nc(-c2cc(Cl)ccc2O)cs1)Cc1ccccc1. The van der Waals surface area contributed by atoms with E-state index in [0.717, 1.165) is 5.56 Å². The van der Waals surface area contributed by atoms with Crippen LogP contribution in [0.2, 0.25) is 5.02 Å². The van der Waals surface area contributed by atoms with Crippen molar-refractivity contribution in [1.82, 2.24) is 10.3 Å². The molecule has 0 radical (unpaired) electrons. The molecule has 1 amide bonds. The molecule has 0 saturated heterocycles. The van der Waals surface area contributed by atoms with Gasteiger partial charge in [0.25, 0.3) is 0 Å². The van der Waals surface area contributed by atoms with Crippen LogP contribution in [0, 0.1) is 0 Å². The highest BCUT2D eigenvalue weighted by atomic mass is 35.5. The molecule has 7 nitrogen and oxygen atoms in total. The zero-order valence-electron chi connectivity index (χ0n) is 18.0. The van der Waals surface area contributed by atoms with E-state index in [1.54, 1.807) is 23.7 Å². The lowest BCUT2D eigenvalue weighted by Crippen LogP contribution is -2.41. The summed E-state index contributed by atoms with van der Waals surface area (Å²) in [7, 11) is 0. The van der Waals surface area contributed by atoms with Gasteiger partial charge in [-0.3, -0.25) is 5.43 Å². The van der Waals surface area contributed by atoms with E-state index in [0.29, 0.717) is 27.8 Å². The number of halogens is 1. The van der Waals surface area contributed by atoms with Crippen LogP contribution in [0.25, 0.3) is 11.3 Å². The van der Waals surface area contributed by atoms with Crippen LogP contribution >= 0.6 is 22.9 Å². The molecular weight excluding hydrogens is 448 g/mol. The summed E-state index contributed by atoms with van der Waals surface area (Å²) in [5, 5.41) is 20.0. The highest BCUT2D eigenvalue weighted by Crippen LogP contribution is 2.33. The molecule has 3 aromatic rings. The van der Waals surface area contributed by atoms with Gasteiger partial charge in [0.1, 0.15) is 11.4 Å². The van der Waals surface area contributed by atoms with Crippen molar-refractivity contribution in [2.45, 2.75) is 38.8 Å². The summed E-state index contributed by atoms with van der Waals surface area (Å²) in [6.07, 6.45) is 1.64. The fraction of sp³-hybridized carbons (Fsp3) is 0.261. The number of phenolic OH excluding ortho intramolecular Hbond substituents is 1. The number of hydrazone groups is 1. The minimum absolute atomic E-state index is 0.0965. The summed E-state index contributed by atoms with van der Waals surface area (Å²) in [6, 6.07) is 14.2. The number of aromatic hydroxyl groups is 1. The van der Waals surface area contributed by atoms with Crippen LogP contribution < -0.4 is 10.7 Å². The van der Waals surface area contributed by atoms with Gasteiger partial charge >= 0.3 is 6.09 Å². The number of hydrogen-bond acceptors (Lipinski definition) is 7. The molecule has 0 aliphatic carbocycles. The molecule has 0 bridgehead atoms. The van der Waals surface area contributed by atoms with Crippen molar-refractivity contribution >= 4 is 40.4 Å². The number of carbonyl (C=O) groups excluding carboxylic acids is 1. The maximum atomic E-state index is 12.3. The molecule has 0 unspecified atom stereocenters. The summed E-state index contributed by atoms with van der Waals surface area (Å²) in [5.74, 6) is 0.0965. The fourth-order valence-electron chi connectivity index (χ4n) is 2.81. The van der Waals surface area contributed by atoms with E-state index < -0.39 is 17.7 Å². The summed E-state index contributed by atoms with van der Waals surface area (Å²) in [6.45, 7) is 5.44. The topological polar surface area (TPSA) is 95.8 Å². The Bertz CT molecular complexity index is 1080. The van der Waals surface area contributed by atoms with Crippen LogP contribution in [-0.2, 0) is 11.2 Å². The Balaban J connectivity index is 1.69. The van der Waals surface area contributed by atoms with Crippen molar-refractivity contribution in [1.29, 1.82) is 0 Å². The fourth-order valence-corrected chi connectivity index (χ4v) is 3.64. The van der Waals surface area contributed by atoms with E-state index in [-0.39, 0.29) is 5.75 Å². The van der Waals surface area contributed by atoms with Crippen molar-refractivity contribution in [3.63, 3.8) is 0 Å². The van der Waals surface area contributed by atoms with Gasteiger partial charge in [-0.1, -0.05) is 41.9 Å². The quantitative estimate of drug-likeness (QED) is 0.302. The molecule has 1 atom stereocenters. The van der Waals surface area contributed by atoms with Gasteiger partial charge in [-0.2, -0.15) is 5.10 Å². The maximum Gasteiger partial charge on any atom is 0.408 e. The molecule has 3 N–H and O–H groups in total. The molecule has 0 saturated carbocycles. The first-order chi connectivity index (χ1) is 15.2. The van der Waals surface area contributed by atoms with Crippen molar-refractivity contribution in [2.24, 2.45) is 5.10 Å². The Morgan fingerprint density at radius 2 is 2.03 bits per heavy atom. The van der Waals surface area contributed by atoms with Gasteiger partial charge in [-0.05, 0) is 51.0 Å². The highest BCUT2D eigenvalue weighted by molar-refractivity contribution is 7.14. The van der Waals surface area contributed by atoms with Gasteiger partial charge in [-0.25, -0.2) is 9.78 Å². The molecule has 2 aromatic carbocycles. The van der Waals surface area contributed by atoms with Crippen LogP contribution in [0.1, 0.15) is 26.3 Å². The normalized spacial score (nSPS) is 12.5. The van der Waals surface area contributed by atoms with Gasteiger partial charge < -0.3 is 15.2 Å². The van der Waals surface area contributed by atoms with Crippen LogP contribution in [0.4, 0.5) is 9.93 Å². The second kappa shape index (κ2) is 10.5. The zero-order valence-corrected chi connectivity index (χ0v) is 19.6. The number of amides is 1. The first-order valence-corrected chi connectivity index (χ1v) is 11.2. The number of anilines is 1. The Morgan fingerprint density at radius 3 is 2.75 bits per heavy atom. The second-order valence-electron chi connectivity index (χ2n) is 8.03. The second-order valence-corrected chi connectivity index (χ2v) is 9.33. The number of thiazole rings is 1. The number of nitrogens with zero attached hydrogens (tertiary/aromatic N) is 2. The van der Waals surface area contributed by atoms with Crippen LogP contribution in [0.15, 0.2) is 59.0 Å². The van der Waals surface area contributed by atoms with E-state index in [1.807, 2.05) is 51.1 Å². The molecule has 0 spiro atoms. The molecule has 1 aromatic heterocycles. The summed E-state index contributed by atoms with van der Waals surface area (Å²) in [5.41, 5.74) is 4.45. The first kappa shape index (κ1) is 23.6. The zero-order chi connectivity index (χ0) is 23.1. The Kier molecular flexibility index (Phi) is 7.71. The average Bonchev–Trinajstić information content (AvgIpc) is 3.17. The minimum Gasteiger partial charge on any atom is -0.507 e. The molecule has 0 fully saturated rings. The Hall–Kier alpha value is -3.10. The molecule has 0 aliphatic rings. The van der Waals surface area contributed by atoms with Gasteiger partial charge in [0.05, 0.1) is 11.7 Å². The molecule has 0 aliphatic heterocycles. The Morgan fingerprint density at radius 1 is 1.28 bits per heavy atom. The monoisotopic (exact) mass is 472 g/mol. The summed E-state index contributed by atoms with van der Waals surface area (Å²) < 4.78 is 5.37. The predicted octanol–water partition coefficient (Wildman–Crippen LogP) is 5.70. The number of alkyl carbamates (subject to hydrolysis) is 1. The van der Waals surface area contributed by atoms with Crippen LogP contribution in [0.3, 0.4) is 0 Å². The van der Waals surface area contributed by atoms with Crippen molar-refractivity contribution in [3.05, 3.63) is 64.5 Å². The van der Waals surface area contributed by atoms with Crippen molar-refractivity contribution in [2.75, 3.05) is 5.43 Å². The molecule has 9 heteroatoms. The van der Waals surface area contributed by atoms with Gasteiger partial charge in [0.15, 0.2) is 0 Å². The van der Waals surface area contributed by atoms with Gasteiger partial charge in [-0.15, -0.1) is 11.3 Å². The maximum absolute atomic E-state index is 12.3. The van der Waals surface area contributed by atoms with Crippen molar-refractivity contribution < 1.29 is 14.6 Å². The van der Waals surface area contributed by atoms with E-state index in [4.69, 9.17) is 16.3 Å². The number of nitrogens with one attached hydrogen (secondary N) is 2. The third-order valence-corrected chi connectivity index (χ3v) is 5.14. The molecule has 168 valence electrons.